The van der Waals surface area contributed by atoms with Gasteiger partial charge < -0.3 is 26.7 Å². The minimum absolute atomic E-state index is 0. The summed E-state index contributed by atoms with van der Waals surface area (Å²) in [7, 11) is -3.57. The molecule has 0 aliphatic heterocycles. The number of benzene rings is 4. The summed E-state index contributed by atoms with van der Waals surface area (Å²) in [6, 6.07) is 38.7. The Hall–Kier alpha value is -2.77. The van der Waals surface area contributed by atoms with Crippen molar-refractivity contribution in [3.63, 3.8) is 0 Å². The van der Waals surface area contributed by atoms with Crippen LogP contribution >= 0.6 is 15.8 Å². The minimum Gasteiger partial charge on any atom is -0.496 e. The summed E-state index contributed by atoms with van der Waals surface area (Å²) >= 11 is 0. The molecule has 4 aromatic carbocycles. The van der Waals surface area contributed by atoms with E-state index in [1.54, 1.807) is 14.2 Å². The van der Waals surface area contributed by atoms with Crippen molar-refractivity contribution < 1.29 is 46.2 Å². The summed E-state index contributed by atoms with van der Waals surface area (Å²) in [5, 5.41) is 5.38. The van der Waals surface area contributed by atoms with Gasteiger partial charge in [-0.25, -0.2) is 0 Å². The van der Waals surface area contributed by atoms with Crippen LogP contribution in [0.5, 0.6) is 11.5 Å². The van der Waals surface area contributed by atoms with Gasteiger partial charge in [-0.05, 0) is 76.6 Å². The molecule has 1 aliphatic carbocycles. The number of hydrogen-bond acceptors (Lipinski definition) is 2. The second kappa shape index (κ2) is 21.9. The maximum Gasteiger partial charge on any atom is 1.00 e. The van der Waals surface area contributed by atoms with Crippen molar-refractivity contribution in [2.75, 3.05) is 26.5 Å². The first-order valence-corrected chi connectivity index (χ1v) is 18.0. The molecule has 46 heavy (non-hydrogen) atoms. The number of hydrogen-bond donors (Lipinski definition) is 0. The minimum atomic E-state index is -6.00. The summed E-state index contributed by atoms with van der Waals surface area (Å²) in [6.07, 6.45) is 16.2. The molecule has 0 bridgehead atoms. The van der Waals surface area contributed by atoms with E-state index in [1.807, 2.05) is 12.1 Å². The monoisotopic (exact) mass is 756 g/mol. The van der Waals surface area contributed by atoms with Gasteiger partial charge in [0.05, 0.1) is 14.2 Å². The van der Waals surface area contributed by atoms with E-state index in [0.717, 1.165) is 23.8 Å². The number of halogens is 4. The SMILES string of the molecule is C1=C\CC/C=C\CC/1.COc1ccccc1[P@](CC[P@](c1ccccc1)c1ccccc1OC)c1ccccc1.F[B-](F)(F)F.[Rh+]. The average Bonchev–Trinajstić information content (AvgIpc) is 3.03. The Balaban J connectivity index is 0.000000440. The second-order valence-electron chi connectivity index (χ2n) is 9.91. The Kier molecular flexibility index (Phi) is 18.8. The first kappa shape index (κ1) is 39.4. The summed E-state index contributed by atoms with van der Waals surface area (Å²) in [6.45, 7) is 0. The van der Waals surface area contributed by atoms with Crippen LogP contribution in [0.1, 0.15) is 25.7 Å². The predicted molar refractivity (Wildman–Crippen MR) is 188 cm³/mol. The van der Waals surface area contributed by atoms with E-state index < -0.39 is 23.1 Å². The van der Waals surface area contributed by atoms with Crippen molar-refractivity contribution in [3.05, 3.63) is 133 Å². The zero-order valence-corrected chi connectivity index (χ0v) is 29.5. The van der Waals surface area contributed by atoms with Crippen LogP contribution in [0.25, 0.3) is 0 Å². The van der Waals surface area contributed by atoms with E-state index >= 15 is 0 Å². The fraction of sp³-hybridized carbons (Fsp3) is 0.222. The molecule has 0 saturated heterocycles. The van der Waals surface area contributed by atoms with Gasteiger partial charge in [0.2, 0.25) is 0 Å². The molecule has 5 rings (SSSR count). The molecule has 0 saturated carbocycles. The number of allylic oxidation sites excluding steroid dienone is 4. The Morgan fingerprint density at radius 2 is 0.783 bits per heavy atom. The van der Waals surface area contributed by atoms with Crippen LogP contribution in [0, 0.1) is 0 Å². The molecule has 2 nitrogen and oxygen atoms in total. The van der Waals surface area contributed by atoms with Crippen molar-refractivity contribution in [3.8, 4) is 11.5 Å². The smallest absolute Gasteiger partial charge is 0.496 e. The van der Waals surface area contributed by atoms with Gasteiger partial charge in [0.1, 0.15) is 11.5 Å². The van der Waals surface area contributed by atoms with Gasteiger partial charge in [-0.3, -0.25) is 0 Å². The van der Waals surface area contributed by atoms with Gasteiger partial charge in [0.15, 0.2) is 0 Å². The van der Waals surface area contributed by atoms with Crippen LogP contribution < -0.4 is 30.7 Å². The van der Waals surface area contributed by atoms with Crippen molar-refractivity contribution in [2.45, 2.75) is 25.7 Å². The molecule has 0 N–H and O–H groups in total. The normalized spacial score (nSPS) is 15.0. The molecule has 0 heterocycles. The van der Waals surface area contributed by atoms with E-state index in [1.165, 1.54) is 46.9 Å². The molecule has 0 radical (unpaired) electrons. The van der Waals surface area contributed by atoms with Gasteiger partial charge >= 0.3 is 26.7 Å². The van der Waals surface area contributed by atoms with Crippen LogP contribution in [0.3, 0.4) is 0 Å². The standard InChI is InChI=1S/C28H28O2P2.C8H12.BF4.Rh/c1-29-25-17-9-11-19-27(25)31(23-13-5-3-6-14-23)21-22-32(24-15-7-4-8-16-24)28-20-12-10-18-26(28)30-2;1-2-4-6-8-7-5-3-1;2-1(3,4)5;/h3-20H,21-22H2,1-2H3;1-2,7-8H,3-6H2;;/q;;-1;+1/b;2-1-,8-7-;;/t31-,32-;;;/m1.../s1. The average molecular weight is 756 g/mol. The first-order chi connectivity index (χ1) is 21.8. The van der Waals surface area contributed by atoms with Gasteiger partial charge in [0.25, 0.3) is 0 Å². The molecule has 0 spiro atoms. The quantitative estimate of drug-likeness (QED) is 0.0735. The van der Waals surface area contributed by atoms with E-state index in [4.69, 9.17) is 9.47 Å². The molecule has 0 fully saturated rings. The van der Waals surface area contributed by atoms with Gasteiger partial charge in [0, 0.05) is 10.6 Å². The second-order valence-corrected chi connectivity index (χ2v) is 14.5. The van der Waals surface area contributed by atoms with Crippen LogP contribution in [-0.2, 0) is 19.5 Å². The van der Waals surface area contributed by atoms with Crippen LogP contribution in [0.4, 0.5) is 17.3 Å². The van der Waals surface area contributed by atoms with E-state index in [0.29, 0.717) is 0 Å². The Bertz CT molecular complexity index is 1330. The molecule has 1 aliphatic rings. The molecule has 10 heteroatoms. The molecule has 0 amide bonds. The summed E-state index contributed by atoms with van der Waals surface area (Å²) in [5.41, 5.74) is 0. The zero-order chi connectivity index (χ0) is 32.3. The molecule has 246 valence electrons. The van der Waals surface area contributed by atoms with Crippen molar-refractivity contribution >= 4 is 44.3 Å². The largest absolute Gasteiger partial charge is 1.00 e. The van der Waals surface area contributed by atoms with Crippen LogP contribution in [0.15, 0.2) is 133 Å². The predicted octanol–water partition coefficient (Wildman–Crippen LogP) is 9.24. The van der Waals surface area contributed by atoms with Crippen molar-refractivity contribution in [1.29, 1.82) is 0 Å². The van der Waals surface area contributed by atoms with E-state index in [-0.39, 0.29) is 19.5 Å². The molecule has 2 atom stereocenters. The summed E-state index contributed by atoms with van der Waals surface area (Å²) in [4.78, 5) is 0. The van der Waals surface area contributed by atoms with E-state index in [9.17, 15) is 17.3 Å². The molecule has 4 aromatic rings. The van der Waals surface area contributed by atoms with Crippen LogP contribution in [0.2, 0.25) is 0 Å². The Morgan fingerprint density at radius 3 is 1.09 bits per heavy atom. The van der Waals surface area contributed by atoms with Gasteiger partial charge in [-0.2, -0.15) is 0 Å². The Morgan fingerprint density at radius 1 is 0.500 bits per heavy atom. The number of ether oxygens (including phenoxy) is 2. The van der Waals surface area contributed by atoms with E-state index in [2.05, 4.69) is 121 Å². The van der Waals surface area contributed by atoms with Crippen molar-refractivity contribution in [2.24, 2.45) is 0 Å². The number of para-hydroxylation sites is 2. The third kappa shape index (κ3) is 14.3. The maximum atomic E-state index is 9.75. The Labute approximate surface area is 286 Å². The third-order valence-electron chi connectivity index (χ3n) is 6.77. The fourth-order valence-electron chi connectivity index (χ4n) is 4.75. The van der Waals surface area contributed by atoms with Gasteiger partial charge in [-0.15, -0.1) is 0 Å². The third-order valence-corrected chi connectivity index (χ3v) is 12.2. The molecule has 0 unspecified atom stereocenters. The summed E-state index contributed by atoms with van der Waals surface area (Å²) < 4.78 is 50.5. The topological polar surface area (TPSA) is 18.5 Å². The zero-order valence-electron chi connectivity index (χ0n) is 26.1. The van der Waals surface area contributed by atoms with Crippen molar-refractivity contribution in [1.82, 2.24) is 0 Å². The first-order valence-electron chi connectivity index (χ1n) is 14.9. The number of methoxy groups -OCH3 is 2. The van der Waals surface area contributed by atoms with Crippen LogP contribution in [-0.4, -0.2) is 33.8 Å². The molecular formula is C36H40BF4O2P2Rh. The number of rotatable bonds is 9. The fourth-order valence-corrected chi connectivity index (χ4v) is 10.4. The maximum absolute atomic E-state index is 9.75. The summed E-state index contributed by atoms with van der Waals surface area (Å²) in [5.74, 6) is 1.95. The molecular weight excluding hydrogens is 716 g/mol. The molecule has 0 aromatic heterocycles. The van der Waals surface area contributed by atoms with Gasteiger partial charge in [-0.1, -0.05) is 121 Å².